The Morgan fingerprint density at radius 2 is 1.59 bits per heavy atom. The summed E-state index contributed by atoms with van der Waals surface area (Å²) in [6.07, 6.45) is -0.695. The maximum atomic E-state index is 12.9. The van der Waals surface area contributed by atoms with Gasteiger partial charge in [0.05, 0.1) is 12.2 Å². The average Bonchev–Trinajstić information content (AvgIpc) is 2.66. The zero-order valence-corrected chi connectivity index (χ0v) is 17.0. The van der Waals surface area contributed by atoms with Gasteiger partial charge in [-0.3, -0.25) is 4.79 Å². The third-order valence-corrected chi connectivity index (χ3v) is 3.72. The molecule has 0 heterocycles. The lowest BCUT2D eigenvalue weighted by molar-refractivity contribution is -0.118. The quantitative estimate of drug-likeness (QED) is 0.716. The summed E-state index contributed by atoms with van der Waals surface area (Å²) in [4.78, 5) is 36.8. The number of carbonyl (C=O) groups is 3. The number of ether oxygens (including phenoxy) is 2. The monoisotopic (exact) mass is 398 g/mol. The molecule has 2 aromatic carbocycles. The lowest BCUT2D eigenvalue weighted by Gasteiger charge is -2.23. The highest BCUT2D eigenvalue weighted by Gasteiger charge is 2.26. The molecule has 0 bridgehead atoms. The zero-order chi connectivity index (χ0) is 21.4. The van der Waals surface area contributed by atoms with Crippen LogP contribution in [0.15, 0.2) is 54.6 Å². The number of anilines is 1. The molecular formula is C22H26N2O5. The summed E-state index contributed by atoms with van der Waals surface area (Å²) in [5.74, 6) is -0.870. The summed E-state index contributed by atoms with van der Waals surface area (Å²) in [5.41, 5.74) is 0.787. The number of amides is 2. The van der Waals surface area contributed by atoms with Crippen LogP contribution < -0.4 is 10.6 Å². The molecule has 0 saturated carbocycles. The summed E-state index contributed by atoms with van der Waals surface area (Å²) < 4.78 is 10.2. The minimum atomic E-state index is -0.948. The van der Waals surface area contributed by atoms with Gasteiger partial charge >= 0.3 is 12.1 Å². The summed E-state index contributed by atoms with van der Waals surface area (Å²) >= 11 is 0. The normalized spacial score (nSPS) is 11.9. The third-order valence-electron chi connectivity index (χ3n) is 3.72. The highest BCUT2D eigenvalue weighted by molar-refractivity contribution is 5.98. The van der Waals surface area contributed by atoms with Crippen LogP contribution in [0.25, 0.3) is 0 Å². The molecule has 0 saturated heterocycles. The Labute approximate surface area is 170 Å². The molecule has 0 aromatic heterocycles. The second kappa shape index (κ2) is 9.73. The van der Waals surface area contributed by atoms with Crippen LogP contribution in [0.3, 0.4) is 0 Å². The van der Waals surface area contributed by atoms with Gasteiger partial charge in [0.25, 0.3) is 5.91 Å². The second-order valence-electron chi connectivity index (χ2n) is 7.28. The predicted octanol–water partition coefficient (Wildman–Crippen LogP) is 4.07. The molecule has 0 aliphatic heterocycles. The van der Waals surface area contributed by atoms with Crippen molar-refractivity contribution in [1.82, 2.24) is 5.32 Å². The lowest BCUT2D eigenvalue weighted by atomic mass is 10.1. The van der Waals surface area contributed by atoms with Gasteiger partial charge in [0.1, 0.15) is 11.6 Å². The molecule has 0 aliphatic carbocycles. The number of carbonyl (C=O) groups excluding carboxylic acids is 3. The Hall–Kier alpha value is -3.35. The van der Waals surface area contributed by atoms with Crippen LogP contribution in [-0.4, -0.2) is 30.2 Å². The molecule has 1 atom stereocenters. The van der Waals surface area contributed by atoms with Gasteiger partial charge in [-0.1, -0.05) is 30.3 Å². The van der Waals surface area contributed by atoms with Crippen LogP contribution in [0.2, 0.25) is 0 Å². The molecule has 2 rings (SSSR count). The van der Waals surface area contributed by atoms with E-state index in [1.54, 1.807) is 76.2 Å². The number of alkyl carbamates (subject to hydrolysis) is 1. The van der Waals surface area contributed by atoms with Crippen molar-refractivity contribution in [2.24, 2.45) is 0 Å². The molecule has 0 spiro atoms. The van der Waals surface area contributed by atoms with Crippen LogP contribution in [0.4, 0.5) is 10.5 Å². The van der Waals surface area contributed by atoms with E-state index >= 15 is 0 Å². The van der Waals surface area contributed by atoms with Gasteiger partial charge in [0.15, 0.2) is 0 Å². The Kier molecular flexibility index (Phi) is 7.36. The third kappa shape index (κ3) is 6.95. The molecule has 2 aromatic rings. The number of hydrogen-bond acceptors (Lipinski definition) is 5. The summed E-state index contributed by atoms with van der Waals surface area (Å²) in [6, 6.07) is 14.2. The maximum absolute atomic E-state index is 12.9. The van der Waals surface area contributed by atoms with E-state index in [1.165, 1.54) is 0 Å². The summed E-state index contributed by atoms with van der Waals surface area (Å²) in [5, 5.41) is 5.35. The topological polar surface area (TPSA) is 93.7 Å². The molecule has 0 aliphatic rings. The number of hydrogen-bond donors (Lipinski definition) is 2. The molecule has 2 amide bonds. The molecule has 29 heavy (non-hydrogen) atoms. The number of rotatable bonds is 6. The summed E-state index contributed by atoms with van der Waals surface area (Å²) in [6.45, 7) is 7.25. The predicted molar refractivity (Wildman–Crippen MR) is 110 cm³/mol. The van der Waals surface area contributed by atoms with Gasteiger partial charge in [-0.15, -0.1) is 0 Å². The molecule has 0 fully saturated rings. The number of nitrogens with one attached hydrogen (secondary N) is 2. The van der Waals surface area contributed by atoms with E-state index in [4.69, 9.17) is 9.47 Å². The Bertz CT molecular complexity index is 842. The van der Waals surface area contributed by atoms with Crippen LogP contribution in [0.1, 0.15) is 49.7 Å². The van der Waals surface area contributed by atoms with Crippen molar-refractivity contribution in [3.63, 3.8) is 0 Å². The first-order chi connectivity index (χ1) is 13.7. The smallest absolute Gasteiger partial charge is 0.408 e. The van der Waals surface area contributed by atoms with E-state index in [2.05, 4.69) is 10.6 Å². The lowest BCUT2D eigenvalue weighted by Crippen LogP contribution is -2.40. The van der Waals surface area contributed by atoms with Crippen molar-refractivity contribution in [3.8, 4) is 0 Å². The van der Waals surface area contributed by atoms with Crippen molar-refractivity contribution < 1.29 is 23.9 Å². The highest BCUT2D eigenvalue weighted by atomic mass is 16.6. The van der Waals surface area contributed by atoms with E-state index in [1.807, 2.05) is 6.07 Å². The van der Waals surface area contributed by atoms with Crippen molar-refractivity contribution in [1.29, 1.82) is 0 Å². The van der Waals surface area contributed by atoms with E-state index in [0.717, 1.165) is 0 Å². The maximum Gasteiger partial charge on any atom is 0.408 e. The Morgan fingerprint density at radius 3 is 2.14 bits per heavy atom. The summed E-state index contributed by atoms with van der Waals surface area (Å²) in [7, 11) is 0. The first kappa shape index (κ1) is 21.9. The minimum Gasteiger partial charge on any atom is -0.462 e. The van der Waals surface area contributed by atoms with Gasteiger partial charge in [0.2, 0.25) is 0 Å². The van der Waals surface area contributed by atoms with Crippen molar-refractivity contribution in [2.45, 2.75) is 39.3 Å². The highest BCUT2D eigenvalue weighted by Crippen LogP contribution is 2.18. The Morgan fingerprint density at radius 1 is 0.966 bits per heavy atom. The van der Waals surface area contributed by atoms with Crippen molar-refractivity contribution in [3.05, 3.63) is 65.7 Å². The zero-order valence-electron chi connectivity index (χ0n) is 17.0. The Balaban J connectivity index is 2.15. The van der Waals surface area contributed by atoms with Gasteiger partial charge in [-0.25, -0.2) is 9.59 Å². The largest absolute Gasteiger partial charge is 0.462 e. The second-order valence-corrected chi connectivity index (χ2v) is 7.28. The fraction of sp³-hybridized carbons (Fsp3) is 0.318. The van der Waals surface area contributed by atoms with E-state index in [0.29, 0.717) is 16.8 Å². The van der Waals surface area contributed by atoms with Gasteiger partial charge < -0.3 is 20.1 Å². The molecule has 154 valence electrons. The molecule has 0 radical (unpaired) electrons. The minimum absolute atomic E-state index is 0.284. The molecular weight excluding hydrogens is 372 g/mol. The number of esters is 1. The van der Waals surface area contributed by atoms with Crippen molar-refractivity contribution >= 4 is 23.7 Å². The standard InChI is InChI=1S/C22H26N2O5/c1-5-28-20(26)16-11-13-17(14-12-16)23-19(25)18(15-9-7-6-8-10-15)24-21(27)29-22(2,3)4/h6-14,18H,5H2,1-4H3,(H,23,25)(H,24,27). The van der Waals surface area contributed by atoms with Crippen LogP contribution in [-0.2, 0) is 14.3 Å². The SMILES string of the molecule is CCOC(=O)c1ccc(NC(=O)C(NC(=O)OC(C)(C)C)c2ccccc2)cc1. The van der Waals surface area contributed by atoms with E-state index in [-0.39, 0.29) is 6.61 Å². The fourth-order valence-electron chi connectivity index (χ4n) is 2.49. The average molecular weight is 398 g/mol. The molecule has 7 heteroatoms. The molecule has 1 unspecified atom stereocenters. The van der Waals surface area contributed by atoms with Gasteiger partial charge in [0, 0.05) is 5.69 Å². The fourth-order valence-corrected chi connectivity index (χ4v) is 2.49. The van der Waals surface area contributed by atoms with E-state index < -0.39 is 29.6 Å². The van der Waals surface area contributed by atoms with E-state index in [9.17, 15) is 14.4 Å². The number of benzene rings is 2. The van der Waals surface area contributed by atoms with Crippen LogP contribution in [0, 0.1) is 0 Å². The molecule has 7 nitrogen and oxygen atoms in total. The first-order valence-electron chi connectivity index (χ1n) is 9.32. The van der Waals surface area contributed by atoms with Gasteiger partial charge in [-0.2, -0.15) is 0 Å². The van der Waals surface area contributed by atoms with Crippen molar-refractivity contribution in [2.75, 3.05) is 11.9 Å². The van der Waals surface area contributed by atoms with Crippen LogP contribution in [0.5, 0.6) is 0 Å². The first-order valence-corrected chi connectivity index (χ1v) is 9.32. The molecule has 2 N–H and O–H groups in total. The van der Waals surface area contributed by atoms with Crippen LogP contribution >= 0.6 is 0 Å². The van der Waals surface area contributed by atoms with Gasteiger partial charge in [-0.05, 0) is 57.5 Å².